The van der Waals surface area contributed by atoms with Crippen LogP contribution in [0.1, 0.15) is 26.3 Å². The molecule has 0 heterocycles. The van der Waals surface area contributed by atoms with Gasteiger partial charge in [-0.05, 0) is 32.4 Å². The van der Waals surface area contributed by atoms with Crippen LogP contribution >= 0.6 is 0 Å². The van der Waals surface area contributed by atoms with Gasteiger partial charge >= 0.3 is 12.1 Å². The molecule has 0 saturated heterocycles. The van der Waals surface area contributed by atoms with E-state index in [1.54, 1.807) is 20.8 Å². The zero-order valence-corrected chi connectivity index (χ0v) is 17.5. The van der Waals surface area contributed by atoms with E-state index in [0.29, 0.717) is 0 Å². The quantitative estimate of drug-likeness (QED) is 0.457. The molecule has 0 aliphatic heterocycles. The number of nitrogens with one attached hydrogen (secondary N) is 1. The molecule has 0 bridgehead atoms. The van der Waals surface area contributed by atoms with Crippen LogP contribution in [0.4, 0.5) is 9.18 Å². The summed E-state index contributed by atoms with van der Waals surface area (Å²) in [6.07, 6.45) is -1.03. The Morgan fingerprint density at radius 3 is 2.07 bits per heavy atom. The van der Waals surface area contributed by atoms with Crippen molar-refractivity contribution in [3.63, 3.8) is 0 Å². The fourth-order valence-electron chi connectivity index (χ4n) is 2.21. The van der Waals surface area contributed by atoms with Crippen molar-refractivity contribution in [1.82, 2.24) is 5.32 Å². The molecule has 29 heavy (non-hydrogen) atoms. The Hall–Kier alpha value is -2.59. The summed E-state index contributed by atoms with van der Waals surface area (Å²) in [6, 6.07) is 1.28. The fourth-order valence-corrected chi connectivity index (χ4v) is 2.21. The summed E-state index contributed by atoms with van der Waals surface area (Å²) in [5, 5.41) is 2.39. The lowest BCUT2D eigenvalue weighted by atomic mass is 10.0. The number of carbonyl (C=O) groups excluding carboxylic acids is 2. The van der Waals surface area contributed by atoms with Gasteiger partial charge in [0.1, 0.15) is 17.5 Å². The van der Waals surface area contributed by atoms with Gasteiger partial charge < -0.3 is 33.7 Å². The van der Waals surface area contributed by atoms with E-state index in [9.17, 15) is 14.0 Å². The SMILES string of the molecule is COCOc1cc(F)c(CC(NC(=O)OC(C)(C)C)C(=O)OC)cc1OCOC. The lowest BCUT2D eigenvalue weighted by Crippen LogP contribution is -2.45. The van der Waals surface area contributed by atoms with Gasteiger partial charge in [0.2, 0.25) is 0 Å². The third-order valence-corrected chi connectivity index (χ3v) is 3.38. The van der Waals surface area contributed by atoms with E-state index >= 15 is 0 Å². The highest BCUT2D eigenvalue weighted by molar-refractivity contribution is 5.81. The number of hydrogen-bond donors (Lipinski definition) is 1. The Bertz CT molecular complexity index is 690. The monoisotopic (exact) mass is 417 g/mol. The van der Waals surface area contributed by atoms with E-state index in [4.69, 9.17) is 28.4 Å². The predicted molar refractivity (Wildman–Crippen MR) is 100 cm³/mol. The molecule has 0 aromatic heterocycles. The Balaban J connectivity index is 3.10. The number of methoxy groups -OCH3 is 3. The highest BCUT2D eigenvalue weighted by Gasteiger charge is 2.27. The minimum absolute atomic E-state index is 0.0901. The van der Waals surface area contributed by atoms with Crippen molar-refractivity contribution in [3.8, 4) is 11.5 Å². The first-order valence-electron chi connectivity index (χ1n) is 8.74. The maximum Gasteiger partial charge on any atom is 0.408 e. The number of hydrogen-bond acceptors (Lipinski definition) is 8. The molecule has 0 radical (unpaired) electrons. The largest absolute Gasteiger partial charge is 0.467 e. The lowest BCUT2D eigenvalue weighted by Gasteiger charge is -2.23. The van der Waals surface area contributed by atoms with Crippen LogP contribution in [0.3, 0.4) is 0 Å². The Kier molecular flexibility index (Phi) is 9.63. The van der Waals surface area contributed by atoms with Crippen LogP contribution in [0, 0.1) is 5.82 Å². The van der Waals surface area contributed by atoms with Gasteiger partial charge in [0.05, 0.1) is 7.11 Å². The van der Waals surface area contributed by atoms with Gasteiger partial charge in [-0.25, -0.2) is 14.0 Å². The molecule has 1 unspecified atom stereocenters. The molecule has 1 amide bonds. The van der Waals surface area contributed by atoms with Crippen LogP contribution < -0.4 is 14.8 Å². The topological polar surface area (TPSA) is 102 Å². The minimum Gasteiger partial charge on any atom is -0.467 e. The molecule has 1 N–H and O–H groups in total. The van der Waals surface area contributed by atoms with Gasteiger partial charge in [-0.1, -0.05) is 0 Å². The Labute approximate surface area is 169 Å². The molecule has 1 atom stereocenters. The molecule has 0 spiro atoms. The van der Waals surface area contributed by atoms with Crippen molar-refractivity contribution >= 4 is 12.1 Å². The molecule has 9 nitrogen and oxygen atoms in total. The van der Waals surface area contributed by atoms with Crippen molar-refractivity contribution in [2.75, 3.05) is 34.9 Å². The Morgan fingerprint density at radius 2 is 1.59 bits per heavy atom. The van der Waals surface area contributed by atoms with E-state index in [1.165, 1.54) is 20.3 Å². The van der Waals surface area contributed by atoms with Crippen LogP contribution in [0.15, 0.2) is 12.1 Å². The van der Waals surface area contributed by atoms with Gasteiger partial charge in [-0.15, -0.1) is 0 Å². The third-order valence-electron chi connectivity index (χ3n) is 3.38. The first-order valence-corrected chi connectivity index (χ1v) is 8.74. The molecule has 1 aromatic rings. The van der Waals surface area contributed by atoms with Gasteiger partial charge in [0, 0.05) is 26.7 Å². The molecule has 0 fully saturated rings. The van der Waals surface area contributed by atoms with Crippen LogP contribution in [0.25, 0.3) is 0 Å². The molecule has 0 aliphatic rings. The summed E-state index contributed by atoms with van der Waals surface area (Å²) in [4.78, 5) is 24.1. The predicted octanol–water partition coefficient (Wildman–Crippen LogP) is 2.40. The third kappa shape index (κ3) is 8.53. The molecule has 0 saturated carbocycles. The van der Waals surface area contributed by atoms with Crippen molar-refractivity contribution in [3.05, 3.63) is 23.5 Å². The molecule has 1 rings (SSSR count). The lowest BCUT2D eigenvalue weighted by molar-refractivity contribution is -0.143. The minimum atomic E-state index is -1.18. The first-order chi connectivity index (χ1) is 13.6. The highest BCUT2D eigenvalue weighted by atomic mass is 19.1. The van der Waals surface area contributed by atoms with Gasteiger partial charge in [-0.3, -0.25) is 0 Å². The second-order valence-electron chi connectivity index (χ2n) is 6.92. The summed E-state index contributed by atoms with van der Waals surface area (Å²) in [5.74, 6) is -1.14. The smallest absolute Gasteiger partial charge is 0.408 e. The first kappa shape index (κ1) is 24.4. The number of carbonyl (C=O) groups is 2. The van der Waals surface area contributed by atoms with E-state index in [0.717, 1.165) is 13.2 Å². The molecule has 164 valence electrons. The number of esters is 1. The summed E-state index contributed by atoms with van der Waals surface area (Å²) in [5.41, 5.74) is -0.676. The summed E-state index contributed by atoms with van der Waals surface area (Å²) >= 11 is 0. The van der Waals surface area contributed by atoms with E-state index in [2.05, 4.69) is 5.32 Å². The van der Waals surface area contributed by atoms with Gasteiger partial charge in [-0.2, -0.15) is 0 Å². The number of benzene rings is 1. The fraction of sp³-hybridized carbons (Fsp3) is 0.579. The molecular weight excluding hydrogens is 389 g/mol. The summed E-state index contributed by atoms with van der Waals surface area (Å²) < 4.78 is 44.8. The maximum atomic E-state index is 14.6. The summed E-state index contributed by atoms with van der Waals surface area (Å²) in [6.45, 7) is 4.81. The molecule has 0 aliphatic carbocycles. The maximum absolute atomic E-state index is 14.6. The second-order valence-corrected chi connectivity index (χ2v) is 6.92. The van der Waals surface area contributed by atoms with Gasteiger partial charge in [0.15, 0.2) is 25.1 Å². The number of amides is 1. The zero-order valence-electron chi connectivity index (χ0n) is 17.5. The average Bonchev–Trinajstić information content (AvgIpc) is 2.64. The van der Waals surface area contributed by atoms with E-state index < -0.39 is 29.5 Å². The van der Waals surface area contributed by atoms with E-state index in [-0.39, 0.29) is 37.1 Å². The second kappa shape index (κ2) is 11.4. The van der Waals surface area contributed by atoms with Gasteiger partial charge in [0.25, 0.3) is 0 Å². The van der Waals surface area contributed by atoms with Crippen LogP contribution in [-0.2, 0) is 30.2 Å². The normalized spacial score (nSPS) is 12.1. The van der Waals surface area contributed by atoms with Crippen molar-refractivity contribution in [2.45, 2.75) is 38.8 Å². The van der Waals surface area contributed by atoms with Crippen LogP contribution in [0.2, 0.25) is 0 Å². The molecular formula is C19H28FNO8. The number of halogens is 1. The number of alkyl carbamates (subject to hydrolysis) is 1. The average molecular weight is 417 g/mol. The number of ether oxygens (including phenoxy) is 6. The summed E-state index contributed by atoms with van der Waals surface area (Å²) in [7, 11) is 4.01. The van der Waals surface area contributed by atoms with Crippen molar-refractivity contribution in [2.24, 2.45) is 0 Å². The molecule has 10 heteroatoms. The van der Waals surface area contributed by atoms with Crippen molar-refractivity contribution in [1.29, 1.82) is 0 Å². The Morgan fingerprint density at radius 1 is 1.03 bits per heavy atom. The van der Waals surface area contributed by atoms with Crippen LogP contribution in [0.5, 0.6) is 11.5 Å². The molecule has 1 aromatic carbocycles. The van der Waals surface area contributed by atoms with Crippen LogP contribution in [-0.4, -0.2) is 58.6 Å². The standard InChI is InChI=1S/C19H28FNO8/c1-19(2,3)29-18(23)21-14(17(22)26-6)7-12-8-15(27-10-24-4)16(9-13(12)20)28-11-25-5/h8-9,14H,7,10-11H2,1-6H3,(H,21,23). The van der Waals surface area contributed by atoms with Crippen molar-refractivity contribution < 1.29 is 42.4 Å². The number of rotatable bonds is 10. The highest BCUT2D eigenvalue weighted by Crippen LogP contribution is 2.31. The zero-order chi connectivity index (χ0) is 22.0. The van der Waals surface area contributed by atoms with E-state index in [1.807, 2.05) is 0 Å².